The molecule has 0 bridgehead atoms. The number of hydrogen-bond donors (Lipinski definition) is 2. The molecule has 0 aliphatic heterocycles. The number of phenols is 1. The minimum atomic E-state index is -4.19. The Bertz CT molecular complexity index is 389. The summed E-state index contributed by atoms with van der Waals surface area (Å²) >= 11 is 0. The lowest BCUT2D eigenvalue weighted by Crippen LogP contribution is -2.31. The number of nitrogens with one attached hydrogen (secondary N) is 1. The number of hydrogen-bond acceptors (Lipinski definition) is 2. The SMILES string of the molecule is Oc1cccc2c1CCC2NCC(F)(F)F. The van der Waals surface area contributed by atoms with Crippen molar-refractivity contribution in [3.05, 3.63) is 29.3 Å². The van der Waals surface area contributed by atoms with Gasteiger partial charge in [0, 0.05) is 6.04 Å². The average Bonchev–Trinajstić information content (AvgIpc) is 2.58. The smallest absolute Gasteiger partial charge is 0.401 e. The second kappa shape index (κ2) is 3.97. The zero-order chi connectivity index (χ0) is 11.8. The predicted molar refractivity (Wildman–Crippen MR) is 53.2 cm³/mol. The number of fused-ring (bicyclic) bond motifs is 1. The predicted octanol–water partition coefficient (Wildman–Crippen LogP) is 2.53. The molecule has 0 amide bonds. The fourth-order valence-electron chi connectivity index (χ4n) is 2.09. The monoisotopic (exact) mass is 231 g/mol. The van der Waals surface area contributed by atoms with Crippen molar-refractivity contribution in [2.45, 2.75) is 25.1 Å². The van der Waals surface area contributed by atoms with Gasteiger partial charge in [0.15, 0.2) is 0 Å². The molecule has 0 heterocycles. The van der Waals surface area contributed by atoms with Crippen LogP contribution in [0.3, 0.4) is 0 Å². The molecular weight excluding hydrogens is 219 g/mol. The van der Waals surface area contributed by atoms with Crippen molar-refractivity contribution in [3.8, 4) is 5.75 Å². The van der Waals surface area contributed by atoms with Crippen molar-refractivity contribution in [2.75, 3.05) is 6.54 Å². The van der Waals surface area contributed by atoms with Gasteiger partial charge in [-0.15, -0.1) is 0 Å². The van der Waals surface area contributed by atoms with E-state index < -0.39 is 12.7 Å². The summed E-state index contributed by atoms with van der Waals surface area (Å²) in [5.41, 5.74) is 1.55. The van der Waals surface area contributed by atoms with Crippen LogP contribution in [0.4, 0.5) is 13.2 Å². The summed E-state index contributed by atoms with van der Waals surface area (Å²) < 4.78 is 36.2. The molecule has 16 heavy (non-hydrogen) atoms. The second-order valence-electron chi connectivity index (χ2n) is 3.93. The van der Waals surface area contributed by atoms with E-state index in [0.717, 1.165) is 11.1 Å². The van der Waals surface area contributed by atoms with E-state index in [1.165, 1.54) is 0 Å². The maximum Gasteiger partial charge on any atom is 0.401 e. The summed E-state index contributed by atoms with van der Waals surface area (Å²) in [5.74, 6) is 0.175. The summed E-state index contributed by atoms with van der Waals surface area (Å²) in [6.45, 7) is -0.993. The van der Waals surface area contributed by atoms with E-state index in [2.05, 4.69) is 5.32 Å². The van der Waals surface area contributed by atoms with Gasteiger partial charge in [-0.2, -0.15) is 13.2 Å². The number of halogens is 3. The molecule has 2 N–H and O–H groups in total. The maximum absolute atomic E-state index is 12.1. The molecule has 1 unspecified atom stereocenters. The average molecular weight is 231 g/mol. The highest BCUT2D eigenvalue weighted by molar-refractivity contribution is 5.44. The van der Waals surface area contributed by atoms with E-state index >= 15 is 0 Å². The largest absolute Gasteiger partial charge is 0.508 e. The first-order valence-corrected chi connectivity index (χ1v) is 5.08. The van der Waals surface area contributed by atoms with Crippen LogP contribution < -0.4 is 5.32 Å². The topological polar surface area (TPSA) is 32.3 Å². The lowest BCUT2D eigenvalue weighted by atomic mass is 10.1. The quantitative estimate of drug-likeness (QED) is 0.819. The summed E-state index contributed by atoms with van der Waals surface area (Å²) in [5, 5.41) is 12.0. The number of phenolic OH excluding ortho intramolecular Hbond substituents is 1. The van der Waals surface area contributed by atoms with Crippen molar-refractivity contribution in [1.82, 2.24) is 5.32 Å². The Balaban J connectivity index is 2.09. The first-order chi connectivity index (χ1) is 7.47. The van der Waals surface area contributed by atoms with Crippen LogP contribution >= 0.6 is 0 Å². The first kappa shape index (κ1) is 11.3. The molecule has 0 spiro atoms. The van der Waals surface area contributed by atoms with Gasteiger partial charge in [-0.1, -0.05) is 12.1 Å². The van der Waals surface area contributed by atoms with Crippen LogP contribution in [0.15, 0.2) is 18.2 Å². The Morgan fingerprint density at radius 2 is 2.12 bits per heavy atom. The zero-order valence-electron chi connectivity index (χ0n) is 8.51. The maximum atomic E-state index is 12.1. The lowest BCUT2D eigenvalue weighted by molar-refractivity contribution is -0.126. The standard InChI is InChI=1S/C11H12F3NO/c12-11(13,14)6-15-9-5-4-8-7(9)2-1-3-10(8)16/h1-3,9,15-16H,4-6H2. The molecule has 0 radical (unpaired) electrons. The Kier molecular flexibility index (Phi) is 2.80. The molecule has 0 saturated heterocycles. The molecule has 1 atom stereocenters. The number of benzene rings is 1. The Morgan fingerprint density at radius 3 is 2.81 bits per heavy atom. The molecule has 1 aliphatic carbocycles. The molecule has 1 aromatic carbocycles. The summed E-state index contributed by atoms with van der Waals surface area (Å²) in [4.78, 5) is 0. The third kappa shape index (κ3) is 2.29. The van der Waals surface area contributed by atoms with E-state index in [0.29, 0.717) is 12.8 Å². The molecule has 1 aromatic rings. The fraction of sp³-hybridized carbons (Fsp3) is 0.455. The Hall–Kier alpha value is -1.23. The highest BCUT2D eigenvalue weighted by Gasteiger charge is 2.31. The van der Waals surface area contributed by atoms with Crippen LogP contribution in [0.1, 0.15) is 23.6 Å². The molecule has 0 aromatic heterocycles. The zero-order valence-corrected chi connectivity index (χ0v) is 8.51. The Morgan fingerprint density at radius 1 is 1.38 bits per heavy atom. The first-order valence-electron chi connectivity index (χ1n) is 5.08. The minimum absolute atomic E-state index is 0.175. The van der Waals surface area contributed by atoms with E-state index in [1.54, 1.807) is 18.2 Å². The highest BCUT2D eigenvalue weighted by atomic mass is 19.4. The van der Waals surface area contributed by atoms with Gasteiger partial charge in [0.1, 0.15) is 5.75 Å². The van der Waals surface area contributed by atoms with Crippen LogP contribution in [0.5, 0.6) is 5.75 Å². The third-order valence-electron chi connectivity index (χ3n) is 2.79. The van der Waals surface area contributed by atoms with E-state index in [-0.39, 0.29) is 11.8 Å². The summed E-state index contributed by atoms with van der Waals surface area (Å²) in [6.07, 6.45) is -2.97. The van der Waals surface area contributed by atoms with Crippen molar-refractivity contribution in [3.63, 3.8) is 0 Å². The minimum Gasteiger partial charge on any atom is -0.508 e. The van der Waals surface area contributed by atoms with Crippen molar-refractivity contribution < 1.29 is 18.3 Å². The van der Waals surface area contributed by atoms with Gasteiger partial charge < -0.3 is 10.4 Å². The van der Waals surface area contributed by atoms with Gasteiger partial charge in [0.25, 0.3) is 0 Å². The molecule has 5 heteroatoms. The number of aromatic hydroxyl groups is 1. The van der Waals surface area contributed by atoms with Gasteiger partial charge in [-0.05, 0) is 30.0 Å². The molecule has 2 nitrogen and oxygen atoms in total. The van der Waals surface area contributed by atoms with Crippen molar-refractivity contribution in [1.29, 1.82) is 0 Å². The molecule has 0 fully saturated rings. The van der Waals surface area contributed by atoms with Crippen molar-refractivity contribution >= 4 is 0 Å². The molecule has 1 aliphatic rings. The third-order valence-corrected chi connectivity index (χ3v) is 2.79. The van der Waals surface area contributed by atoms with Crippen LogP contribution in [-0.4, -0.2) is 17.8 Å². The summed E-state index contributed by atoms with van der Waals surface area (Å²) in [6, 6.07) is 4.67. The van der Waals surface area contributed by atoms with E-state index in [4.69, 9.17) is 0 Å². The molecule has 88 valence electrons. The van der Waals surface area contributed by atoms with Crippen molar-refractivity contribution in [2.24, 2.45) is 0 Å². The van der Waals surface area contributed by atoms with Crippen LogP contribution in [0.2, 0.25) is 0 Å². The molecule has 0 saturated carbocycles. The molecule has 2 rings (SSSR count). The van der Waals surface area contributed by atoms with Crippen LogP contribution in [0, 0.1) is 0 Å². The van der Waals surface area contributed by atoms with E-state index in [1.807, 2.05) is 0 Å². The van der Waals surface area contributed by atoms with Gasteiger partial charge in [-0.25, -0.2) is 0 Å². The normalized spacial score (nSPS) is 19.8. The highest BCUT2D eigenvalue weighted by Crippen LogP contribution is 2.36. The Labute approximate surface area is 91.1 Å². The summed E-state index contributed by atoms with van der Waals surface area (Å²) in [7, 11) is 0. The fourth-order valence-corrected chi connectivity index (χ4v) is 2.09. The van der Waals surface area contributed by atoms with Gasteiger partial charge in [-0.3, -0.25) is 0 Å². The van der Waals surface area contributed by atoms with Gasteiger partial charge >= 0.3 is 6.18 Å². The van der Waals surface area contributed by atoms with Gasteiger partial charge in [0.05, 0.1) is 6.54 Å². The lowest BCUT2D eigenvalue weighted by Gasteiger charge is -2.15. The van der Waals surface area contributed by atoms with E-state index in [9.17, 15) is 18.3 Å². The number of rotatable bonds is 2. The van der Waals surface area contributed by atoms with Gasteiger partial charge in [0.2, 0.25) is 0 Å². The van der Waals surface area contributed by atoms with Crippen LogP contribution in [-0.2, 0) is 6.42 Å². The number of alkyl halides is 3. The van der Waals surface area contributed by atoms with Crippen LogP contribution in [0.25, 0.3) is 0 Å². The second-order valence-corrected chi connectivity index (χ2v) is 3.93. The molecular formula is C11H12F3NO.